The molecule has 0 amide bonds. The molecular formula is C9H14N2OS. The number of thiazole rings is 1. The molecule has 2 unspecified atom stereocenters. The van der Waals surface area contributed by atoms with Gasteiger partial charge in [-0.25, -0.2) is 4.98 Å². The normalized spacial score (nSPS) is 28.1. The Morgan fingerprint density at radius 2 is 2.54 bits per heavy atom. The topological polar surface area (TPSA) is 48.1 Å². The van der Waals surface area contributed by atoms with Gasteiger partial charge in [-0.15, -0.1) is 11.3 Å². The van der Waals surface area contributed by atoms with Crippen LogP contribution >= 0.6 is 11.3 Å². The number of aromatic nitrogens is 1. The largest absolute Gasteiger partial charge is 0.372 e. The maximum Gasteiger partial charge on any atom is 0.0900 e. The van der Waals surface area contributed by atoms with Gasteiger partial charge < -0.3 is 10.5 Å². The lowest BCUT2D eigenvalue weighted by molar-refractivity contribution is 0.0432. The molecule has 72 valence electrons. The number of hydrogen-bond acceptors (Lipinski definition) is 4. The van der Waals surface area contributed by atoms with Crippen molar-refractivity contribution in [3.05, 3.63) is 16.6 Å². The fourth-order valence-electron chi connectivity index (χ4n) is 1.64. The third-order valence-corrected chi connectivity index (χ3v) is 3.01. The third-order valence-electron chi connectivity index (χ3n) is 2.38. The maximum absolute atomic E-state index is 5.78. The summed E-state index contributed by atoms with van der Waals surface area (Å²) in [7, 11) is 0. The summed E-state index contributed by atoms with van der Waals surface area (Å²) in [5, 5.41) is 2.02. The van der Waals surface area contributed by atoms with Crippen LogP contribution in [0, 0.1) is 0 Å². The van der Waals surface area contributed by atoms with Crippen LogP contribution in [0.5, 0.6) is 0 Å². The van der Waals surface area contributed by atoms with E-state index in [4.69, 9.17) is 10.5 Å². The Morgan fingerprint density at radius 1 is 1.62 bits per heavy atom. The molecule has 4 heteroatoms. The van der Waals surface area contributed by atoms with Crippen LogP contribution in [0.15, 0.2) is 10.9 Å². The fraction of sp³-hybridized carbons (Fsp3) is 0.667. The molecule has 2 rings (SSSR count). The molecule has 1 saturated carbocycles. The molecule has 1 heterocycles. The molecule has 0 spiro atoms. The van der Waals surface area contributed by atoms with Gasteiger partial charge in [0.1, 0.15) is 0 Å². The maximum atomic E-state index is 5.78. The first kappa shape index (κ1) is 9.12. The average molecular weight is 198 g/mol. The lowest BCUT2D eigenvalue weighted by atomic mass is 10.3. The lowest BCUT2D eigenvalue weighted by Gasteiger charge is -2.09. The summed E-state index contributed by atoms with van der Waals surface area (Å²) in [4.78, 5) is 4.16. The molecule has 1 aliphatic carbocycles. The van der Waals surface area contributed by atoms with Gasteiger partial charge in [0.05, 0.1) is 23.9 Å². The van der Waals surface area contributed by atoms with Crippen molar-refractivity contribution in [3.8, 4) is 0 Å². The van der Waals surface area contributed by atoms with Crippen LogP contribution in [0.2, 0.25) is 0 Å². The number of rotatable bonds is 3. The van der Waals surface area contributed by atoms with E-state index in [1.54, 1.807) is 11.3 Å². The Labute approximate surface area is 81.9 Å². The predicted octanol–water partition coefficient (Wildman–Crippen LogP) is 1.54. The highest BCUT2D eigenvalue weighted by Gasteiger charge is 2.22. The Morgan fingerprint density at radius 3 is 3.15 bits per heavy atom. The van der Waals surface area contributed by atoms with E-state index in [1.165, 1.54) is 0 Å². The zero-order valence-electron chi connectivity index (χ0n) is 7.48. The van der Waals surface area contributed by atoms with E-state index >= 15 is 0 Å². The lowest BCUT2D eigenvalue weighted by Crippen LogP contribution is -2.17. The second-order valence-electron chi connectivity index (χ2n) is 3.49. The van der Waals surface area contributed by atoms with Gasteiger partial charge in [-0.2, -0.15) is 0 Å². The zero-order chi connectivity index (χ0) is 9.10. The van der Waals surface area contributed by atoms with Crippen molar-refractivity contribution in [2.45, 2.75) is 38.0 Å². The molecule has 0 aliphatic heterocycles. The predicted molar refractivity (Wildman–Crippen MR) is 52.5 cm³/mol. The molecule has 0 bridgehead atoms. The zero-order valence-corrected chi connectivity index (χ0v) is 8.30. The monoisotopic (exact) mass is 198 g/mol. The smallest absolute Gasteiger partial charge is 0.0900 e. The van der Waals surface area contributed by atoms with Crippen LogP contribution in [0.4, 0.5) is 0 Å². The van der Waals surface area contributed by atoms with E-state index in [0.29, 0.717) is 18.8 Å². The SMILES string of the molecule is NC1CCC(OCc2cscn2)C1. The van der Waals surface area contributed by atoms with E-state index in [-0.39, 0.29) is 0 Å². The minimum absolute atomic E-state index is 0.348. The van der Waals surface area contributed by atoms with Gasteiger partial charge in [0.2, 0.25) is 0 Å². The van der Waals surface area contributed by atoms with E-state index < -0.39 is 0 Å². The van der Waals surface area contributed by atoms with E-state index in [1.807, 2.05) is 10.9 Å². The van der Waals surface area contributed by atoms with Crippen LogP contribution < -0.4 is 5.73 Å². The van der Waals surface area contributed by atoms with Crippen molar-refractivity contribution in [2.75, 3.05) is 0 Å². The summed E-state index contributed by atoms with van der Waals surface area (Å²) in [6.45, 7) is 0.640. The highest BCUT2D eigenvalue weighted by atomic mass is 32.1. The van der Waals surface area contributed by atoms with Crippen molar-refractivity contribution in [2.24, 2.45) is 5.73 Å². The van der Waals surface area contributed by atoms with Gasteiger partial charge in [0.15, 0.2) is 0 Å². The molecule has 0 radical (unpaired) electrons. The molecule has 2 N–H and O–H groups in total. The van der Waals surface area contributed by atoms with Gasteiger partial charge in [0.25, 0.3) is 0 Å². The minimum atomic E-state index is 0.348. The molecule has 2 atom stereocenters. The number of nitrogens with two attached hydrogens (primary N) is 1. The minimum Gasteiger partial charge on any atom is -0.372 e. The highest BCUT2D eigenvalue weighted by molar-refractivity contribution is 7.07. The van der Waals surface area contributed by atoms with Crippen LogP contribution in [0.25, 0.3) is 0 Å². The standard InChI is InChI=1S/C9H14N2OS/c10-7-1-2-9(3-7)12-4-8-5-13-6-11-8/h5-7,9H,1-4,10H2. The first-order chi connectivity index (χ1) is 6.34. The van der Waals surface area contributed by atoms with Gasteiger partial charge >= 0.3 is 0 Å². The molecular weight excluding hydrogens is 184 g/mol. The molecule has 1 aliphatic rings. The quantitative estimate of drug-likeness (QED) is 0.801. The van der Waals surface area contributed by atoms with Crippen molar-refractivity contribution >= 4 is 11.3 Å². The molecule has 0 saturated heterocycles. The summed E-state index contributed by atoms with van der Waals surface area (Å²) < 4.78 is 5.68. The molecule has 1 aromatic heterocycles. The number of hydrogen-bond donors (Lipinski definition) is 1. The fourth-order valence-corrected chi connectivity index (χ4v) is 2.18. The summed E-state index contributed by atoms with van der Waals surface area (Å²) in [6, 6.07) is 0.348. The van der Waals surface area contributed by atoms with Crippen molar-refractivity contribution in [1.29, 1.82) is 0 Å². The molecule has 3 nitrogen and oxygen atoms in total. The number of ether oxygens (including phenoxy) is 1. The summed E-state index contributed by atoms with van der Waals surface area (Å²) in [5.41, 5.74) is 8.65. The van der Waals surface area contributed by atoms with Crippen molar-refractivity contribution < 1.29 is 4.74 Å². The van der Waals surface area contributed by atoms with E-state index in [9.17, 15) is 0 Å². The van der Waals surface area contributed by atoms with Gasteiger partial charge in [-0.1, -0.05) is 0 Å². The highest BCUT2D eigenvalue weighted by Crippen LogP contribution is 2.21. The average Bonchev–Trinajstić information content (AvgIpc) is 2.71. The molecule has 0 aromatic carbocycles. The second-order valence-corrected chi connectivity index (χ2v) is 4.20. The Kier molecular flexibility index (Phi) is 2.93. The summed E-state index contributed by atoms with van der Waals surface area (Å²) in [5.74, 6) is 0. The van der Waals surface area contributed by atoms with Gasteiger partial charge in [-0.05, 0) is 19.3 Å². The van der Waals surface area contributed by atoms with Crippen LogP contribution in [-0.4, -0.2) is 17.1 Å². The first-order valence-electron chi connectivity index (χ1n) is 4.59. The van der Waals surface area contributed by atoms with E-state index in [0.717, 1.165) is 25.0 Å². The van der Waals surface area contributed by atoms with Crippen LogP contribution in [-0.2, 0) is 11.3 Å². The van der Waals surface area contributed by atoms with Crippen LogP contribution in [0.3, 0.4) is 0 Å². The van der Waals surface area contributed by atoms with Crippen LogP contribution in [0.1, 0.15) is 25.0 Å². The third kappa shape index (κ3) is 2.49. The Balaban J connectivity index is 1.74. The first-order valence-corrected chi connectivity index (χ1v) is 5.53. The molecule has 1 aromatic rings. The number of nitrogens with zero attached hydrogens (tertiary/aromatic N) is 1. The van der Waals surface area contributed by atoms with Crippen molar-refractivity contribution in [3.63, 3.8) is 0 Å². The van der Waals surface area contributed by atoms with Gasteiger partial charge in [0, 0.05) is 11.4 Å². The van der Waals surface area contributed by atoms with Crippen molar-refractivity contribution in [1.82, 2.24) is 4.98 Å². The van der Waals surface area contributed by atoms with E-state index in [2.05, 4.69) is 4.98 Å². The second kappa shape index (κ2) is 4.17. The summed E-state index contributed by atoms with van der Waals surface area (Å²) >= 11 is 1.61. The molecule has 13 heavy (non-hydrogen) atoms. The Bertz CT molecular complexity index is 250. The van der Waals surface area contributed by atoms with Gasteiger partial charge in [-0.3, -0.25) is 0 Å². The Hall–Kier alpha value is -0.450. The molecule has 1 fully saturated rings. The summed E-state index contributed by atoms with van der Waals surface area (Å²) in [6.07, 6.45) is 3.56.